The number of aryl methyl sites for hydroxylation is 1. The number of amides is 1. The molecule has 1 heterocycles. The Labute approximate surface area is 149 Å². The number of nitrogens with one attached hydrogen (secondary N) is 1. The molecule has 0 fully saturated rings. The molecule has 3 N–H and O–H groups in total. The molecule has 1 amide bonds. The van der Waals surface area contributed by atoms with Gasteiger partial charge in [-0.1, -0.05) is 65.6 Å². The third-order valence-corrected chi connectivity index (χ3v) is 5.34. The summed E-state index contributed by atoms with van der Waals surface area (Å²) in [6.45, 7) is 1.99. The number of benzene rings is 2. The van der Waals surface area contributed by atoms with Gasteiger partial charge in [0.1, 0.15) is 10.7 Å². The maximum Gasteiger partial charge on any atom is 0.234 e. The summed E-state index contributed by atoms with van der Waals surface area (Å²) < 4.78 is 0.797. The Morgan fingerprint density at radius 2 is 2.00 bits per heavy atom. The van der Waals surface area contributed by atoms with Gasteiger partial charge in [0.2, 0.25) is 5.91 Å². The Hall–Kier alpha value is -2.31. The van der Waals surface area contributed by atoms with E-state index in [9.17, 15) is 4.79 Å². The maximum absolute atomic E-state index is 12.1. The highest BCUT2D eigenvalue weighted by Gasteiger charge is 2.12. The van der Waals surface area contributed by atoms with E-state index in [1.54, 1.807) is 0 Å². The largest absolute Gasteiger partial charge is 0.389 e. The van der Waals surface area contributed by atoms with Crippen molar-refractivity contribution >= 4 is 39.7 Å². The summed E-state index contributed by atoms with van der Waals surface area (Å²) in [6, 6.07) is 17.6. The number of nitrogens with two attached hydrogens (primary N) is 1. The van der Waals surface area contributed by atoms with Crippen LogP contribution in [0.15, 0.2) is 58.9 Å². The van der Waals surface area contributed by atoms with Crippen LogP contribution in [0.25, 0.3) is 11.3 Å². The van der Waals surface area contributed by atoms with E-state index < -0.39 is 0 Å². The Morgan fingerprint density at radius 3 is 2.75 bits per heavy atom. The van der Waals surface area contributed by atoms with Gasteiger partial charge in [-0.15, -0.1) is 0 Å². The van der Waals surface area contributed by atoms with E-state index in [4.69, 9.17) is 5.73 Å². The highest BCUT2D eigenvalue weighted by atomic mass is 32.2. The lowest BCUT2D eigenvalue weighted by molar-refractivity contribution is -0.113. The van der Waals surface area contributed by atoms with Gasteiger partial charge in [-0.3, -0.25) is 4.79 Å². The van der Waals surface area contributed by atoms with Crippen LogP contribution in [0.1, 0.15) is 5.56 Å². The number of nitrogen functional groups attached to an aromatic ring is 1. The standard InChI is InChI=1S/C18H17N3OS2/c1-12-6-5-9-14(10-12)20-15(22)11-23-18-21-16(17(19)24-18)13-7-3-2-4-8-13/h2-10H,11,19H2,1H3,(H,20,22). The van der Waals surface area contributed by atoms with Crippen LogP contribution >= 0.6 is 23.1 Å². The molecular weight excluding hydrogens is 338 g/mol. The molecule has 0 atom stereocenters. The number of anilines is 2. The molecule has 0 spiro atoms. The average Bonchev–Trinajstić information content (AvgIpc) is 2.95. The summed E-state index contributed by atoms with van der Waals surface area (Å²) >= 11 is 2.81. The van der Waals surface area contributed by atoms with Crippen LogP contribution in [-0.2, 0) is 4.79 Å². The Bertz CT molecular complexity index is 846. The number of thiazole rings is 1. The molecule has 0 aliphatic heterocycles. The molecule has 0 bridgehead atoms. The van der Waals surface area contributed by atoms with Crippen molar-refractivity contribution in [3.8, 4) is 11.3 Å². The van der Waals surface area contributed by atoms with Gasteiger partial charge in [0.05, 0.1) is 5.75 Å². The highest BCUT2D eigenvalue weighted by Crippen LogP contribution is 2.35. The van der Waals surface area contributed by atoms with Crippen molar-refractivity contribution in [3.05, 3.63) is 60.2 Å². The fourth-order valence-corrected chi connectivity index (χ4v) is 3.97. The van der Waals surface area contributed by atoms with Crippen molar-refractivity contribution in [2.75, 3.05) is 16.8 Å². The smallest absolute Gasteiger partial charge is 0.234 e. The molecule has 0 saturated carbocycles. The first-order chi connectivity index (χ1) is 11.6. The summed E-state index contributed by atoms with van der Waals surface area (Å²) in [4.78, 5) is 16.6. The van der Waals surface area contributed by atoms with E-state index >= 15 is 0 Å². The number of carbonyl (C=O) groups is 1. The van der Waals surface area contributed by atoms with Crippen LogP contribution in [-0.4, -0.2) is 16.6 Å². The van der Waals surface area contributed by atoms with Gasteiger partial charge in [0, 0.05) is 11.3 Å². The highest BCUT2D eigenvalue weighted by molar-refractivity contribution is 8.01. The second-order valence-corrected chi connectivity index (χ2v) is 7.52. The Balaban J connectivity index is 1.62. The third kappa shape index (κ3) is 4.15. The minimum absolute atomic E-state index is 0.0550. The van der Waals surface area contributed by atoms with E-state index in [1.807, 2.05) is 61.5 Å². The second-order valence-electron chi connectivity index (χ2n) is 5.26. The number of thioether (sulfide) groups is 1. The summed E-state index contributed by atoms with van der Waals surface area (Å²) in [6.07, 6.45) is 0. The van der Waals surface area contributed by atoms with Gasteiger partial charge in [-0.25, -0.2) is 4.98 Å². The van der Waals surface area contributed by atoms with Gasteiger partial charge >= 0.3 is 0 Å². The predicted molar refractivity (Wildman–Crippen MR) is 102 cm³/mol. The van der Waals surface area contributed by atoms with E-state index in [1.165, 1.54) is 23.1 Å². The molecule has 2 aromatic carbocycles. The first-order valence-corrected chi connectivity index (χ1v) is 9.23. The Kier molecular flexibility index (Phi) is 5.17. The van der Waals surface area contributed by atoms with Gasteiger partial charge < -0.3 is 11.1 Å². The second kappa shape index (κ2) is 7.51. The first-order valence-electron chi connectivity index (χ1n) is 7.43. The molecular formula is C18H17N3OS2. The molecule has 0 saturated heterocycles. The van der Waals surface area contributed by atoms with Crippen molar-refractivity contribution in [2.24, 2.45) is 0 Å². The predicted octanol–water partition coefficient (Wildman–Crippen LogP) is 4.43. The van der Waals surface area contributed by atoms with Crippen molar-refractivity contribution in [1.82, 2.24) is 4.98 Å². The average molecular weight is 355 g/mol. The monoisotopic (exact) mass is 355 g/mol. The lowest BCUT2D eigenvalue weighted by atomic mass is 10.2. The number of hydrogen-bond acceptors (Lipinski definition) is 5. The SMILES string of the molecule is Cc1cccc(NC(=O)CSc2nc(-c3ccccc3)c(N)s2)c1. The molecule has 0 radical (unpaired) electrons. The Morgan fingerprint density at radius 1 is 1.21 bits per heavy atom. The van der Waals surface area contributed by atoms with Gasteiger partial charge in [0.15, 0.2) is 4.34 Å². The fraction of sp³-hybridized carbons (Fsp3) is 0.111. The lowest BCUT2D eigenvalue weighted by Crippen LogP contribution is -2.13. The third-order valence-electron chi connectivity index (χ3n) is 3.31. The molecule has 0 unspecified atom stereocenters. The van der Waals surface area contributed by atoms with Gasteiger partial charge in [-0.2, -0.15) is 0 Å². The van der Waals surface area contributed by atoms with Crippen LogP contribution in [0.2, 0.25) is 0 Å². The van der Waals surface area contributed by atoms with Crippen LogP contribution in [0.4, 0.5) is 10.7 Å². The summed E-state index contributed by atoms with van der Waals surface area (Å²) in [5.41, 5.74) is 9.75. The fourth-order valence-electron chi connectivity index (χ4n) is 2.22. The molecule has 3 aromatic rings. The minimum Gasteiger partial charge on any atom is -0.389 e. The van der Waals surface area contributed by atoms with Crippen LogP contribution in [0, 0.1) is 6.92 Å². The number of rotatable bonds is 5. The lowest BCUT2D eigenvalue weighted by Gasteiger charge is -2.04. The van der Waals surface area contributed by atoms with E-state index in [0.717, 1.165) is 26.8 Å². The van der Waals surface area contributed by atoms with Crippen LogP contribution in [0.5, 0.6) is 0 Å². The quantitative estimate of drug-likeness (QED) is 0.664. The van der Waals surface area contributed by atoms with E-state index in [2.05, 4.69) is 10.3 Å². The van der Waals surface area contributed by atoms with Crippen molar-refractivity contribution in [2.45, 2.75) is 11.3 Å². The molecule has 24 heavy (non-hydrogen) atoms. The van der Waals surface area contributed by atoms with Crippen molar-refractivity contribution < 1.29 is 4.79 Å². The number of carbonyl (C=O) groups excluding carboxylic acids is 1. The zero-order valence-electron chi connectivity index (χ0n) is 13.2. The summed E-state index contributed by atoms with van der Waals surface area (Å²) in [5.74, 6) is 0.246. The topological polar surface area (TPSA) is 68.0 Å². The molecule has 4 nitrogen and oxygen atoms in total. The summed E-state index contributed by atoms with van der Waals surface area (Å²) in [7, 11) is 0. The zero-order valence-corrected chi connectivity index (χ0v) is 14.8. The minimum atomic E-state index is -0.0550. The van der Waals surface area contributed by atoms with Crippen molar-refractivity contribution in [3.63, 3.8) is 0 Å². The first kappa shape index (κ1) is 16.5. The molecule has 3 rings (SSSR count). The zero-order chi connectivity index (χ0) is 16.9. The van der Waals surface area contributed by atoms with E-state index in [-0.39, 0.29) is 5.91 Å². The number of nitrogens with zero attached hydrogens (tertiary/aromatic N) is 1. The van der Waals surface area contributed by atoms with E-state index in [0.29, 0.717) is 10.8 Å². The normalized spacial score (nSPS) is 10.5. The maximum atomic E-state index is 12.1. The molecule has 6 heteroatoms. The van der Waals surface area contributed by atoms with Crippen molar-refractivity contribution in [1.29, 1.82) is 0 Å². The molecule has 0 aliphatic rings. The molecule has 0 aliphatic carbocycles. The van der Waals surface area contributed by atoms with Crippen LogP contribution < -0.4 is 11.1 Å². The number of hydrogen-bond donors (Lipinski definition) is 2. The summed E-state index contributed by atoms with van der Waals surface area (Å²) in [5, 5.41) is 3.56. The molecule has 1 aromatic heterocycles. The molecule has 122 valence electrons. The number of aromatic nitrogens is 1. The van der Waals surface area contributed by atoms with Crippen LogP contribution in [0.3, 0.4) is 0 Å². The van der Waals surface area contributed by atoms with Gasteiger partial charge in [-0.05, 0) is 24.6 Å². The van der Waals surface area contributed by atoms with Gasteiger partial charge in [0.25, 0.3) is 0 Å².